The summed E-state index contributed by atoms with van der Waals surface area (Å²) in [6.45, 7) is 10.1. The Bertz CT molecular complexity index is 885. The Morgan fingerprint density at radius 2 is 1.83 bits per heavy atom. The van der Waals surface area contributed by atoms with Gasteiger partial charge in [0.05, 0.1) is 0 Å². The first kappa shape index (κ1) is 21.0. The van der Waals surface area contributed by atoms with E-state index in [9.17, 15) is 9.59 Å². The molecule has 0 saturated carbocycles. The fraction of sp³-hybridized carbons (Fsp3) is 0.478. The van der Waals surface area contributed by atoms with Gasteiger partial charge in [-0.05, 0) is 29.9 Å². The number of hydrogen-bond acceptors (Lipinski definition) is 5. The third kappa shape index (κ3) is 5.19. The zero-order chi connectivity index (χ0) is 21.0. The molecule has 1 aliphatic rings. The summed E-state index contributed by atoms with van der Waals surface area (Å²) >= 11 is 0. The number of ketones is 1. The van der Waals surface area contributed by atoms with Crippen molar-refractivity contribution in [2.75, 3.05) is 18.4 Å². The van der Waals surface area contributed by atoms with E-state index in [0.29, 0.717) is 50.4 Å². The van der Waals surface area contributed by atoms with Crippen LogP contribution in [0.3, 0.4) is 0 Å². The van der Waals surface area contributed by atoms with Crippen molar-refractivity contribution in [1.29, 1.82) is 0 Å². The van der Waals surface area contributed by atoms with Crippen LogP contribution in [-0.4, -0.2) is 39.6 Å². The molecule has 0 aliphatic carbocycles. The van der Waals surface area contributed by atoms with Gasteiger partial charge < -0.3 is 10.2 Å². The number of amides is 1. The van der Waals surface area contributed by atoms with E-state index in [1.54, 1.807) is 4.90 Å². The highest BCUT2D eigenvalue weighted by Gasteiger charge is 2.23. The minimum atomic E-state index is -0.128. The predicted molar refractivity (Wildman–Crippen MR) is 114 cm³/mol. The second-order valence-electron chi connectivity index (χ2n) is 8.68. The number of anilines is 1. The van der Waals surface area contributed by atoms with Gasteiger partial charge in [-0.15, -0.1) is 0 Å². The van der Waals surface area contributed by atoms with Gasteiger partial charge in [0.25, 0.3) is 5.91 Å². The molecule has 3 rings (SSSR count). The lowest BCUT2D eigenvalue weighted by atomic mass is 9.87. The highest BCUT2D eigenvalue weighted by molar-refractivity contribution is 5.95. The SMILES string of the molecule is Cc1c(NCc2ccc(C(C)(C)C)cc2)ncnc1C(=O)N1CCCC(=O)CC1. The largest absolute Gasteiger partial charge is 0.366 e. The van der Waals surface area contributed by atoms with Crippen LogP contribution >= 0.6 is 0 Å². The second-order valence-corrected chi connectivity index (χ2v) is 8.68. The Kier molecular flexibility index (Phi) is 6.30. The molecule has 1 amide bonds. The van der Waals surface area contributed by atoms with E-state index >= 15 is 0 Å². The quantitative estimate of drug-likeness (QED) is 0.851. The Hall–Kier alpha value is -2.76. The summed E-state index contributed by atoms with van der Waals surface area (Å²) in [7, 11) is 0. The molecule has 0 spiro atoms. The third-order valence-corrected chi connectivity index (χ3v) is 5.40. The average Bonchev–Trinajstić information content (AvgIpc) is 2.91. The summed E-state index contributed by atoms with van der Waals surface area (Å²) in [5, 5.41) is 3.33. The summed E-state index contributed by atoms with van der Waals surface area (Å²) < 4.78 is 0. The summed E-state index contributed by atoms with van der Waals surface area (Å²) in [4.78, 5) is 34.8. The molecule has 0 radical (unpaired) electrons. The monoisotopic (exact) mass is 394 g/mol. The molecule has 0 atom stereocenters. The van der Waals surface area contributed by atoms with Crippen molar-refractivity contribution in [3.63, 3.8) is 0 Å². The maximum Gasteiger partial charge on any atom is 0.272 e. The molecule has 2 heterocycles. The minimum absolute atomic E-state index is 0.127. The number of aromatic nitrogens is 2. The van der Waals surface area contributed by atoms with Crippen LogP contribution in [0.2, 0.25) is 0 Å². The lowest BCUT2D eigenvalue weighted by molar-refractivity contribution is -0.118. The van der Waals surface area contributed by atoms with Gasteiger partial charge in [0.2, 0.25) is 0 Å². The van der Waals surface area contributed by atoms with Crippen LogP contribution in [0.25, 0.3) is 0 Å². The van der Waals surface area contributed by atoms with Gasteiger partial charge in [-0.3, -0.25) is 9.59 Å². The summed E-state index contributed by atoms with van der Waals surface area (Å²) in [6, 6.07) is 8.54. The molecule has 29 heavy (non-hydrogen) atoms. The van der Waals surface area contributed by atoms with E-state index in [-0.39, 0.29) is 17.1 Å². The molecule has 1 N–H and O–H groups in total. The van der Waals surface area contributed by atoms with Crippen molar-refractivity contribution in [2.24, 2.45) is 0 Å². The lowest BCUT2D eigenvalue weighted by Gasteiger charge is -2.21. The molecule has 1 aliphatic heterocycles. The van der Waals surface area contributed by atoms with Crippen LogP contribution < -0.4 is 5.32 Å². The summed E-state index contributed by atoms with van der Waals surface area (Å²) in [5.41, 5.74) is 3.71. The molecule has 1 saturated heterocycles. The maximum atomic E-state index is 12.9. The molecule has 6 heteroatoms. The standard InChI is InChI=1S/C23H30N4O2/c1-16-20(22(29)27-12-5-6-19(28)11-13-27)25-15-26-21(16)24-14-17-7-9-18(10-8-17)23(2,3)4/h7-10,15H,5-6,11-14H2,1-4H3,(H,24,25,26). The van der Waals surface area contributed by atoms with Gasteiger partial charge in [-0.1, -0.05) is 45.0 Å². The van der Waals surface area contributed by atoms with Crippen molar-refractivity contribution in [3.05, 3.63) is 53.0 Å². The average molecular weight is 395 g/mol. The minimum Gasteiger partial charge on any atom is -0.366 e. The second kappa shape index (κ2) is 8.72. The summed E-state index contributed by atoms with van der Waals surface area (Å²) in [6.07, 6.45) is 3.11. The Balaban J connectivity index is 1.70. The van der Waals surface area contributed by atoms with E-state index in [1.165, 1.54) is 11.9 Å². The van der Waals surface area contributed by atoms with Crippen LogP contribution in [0.1, 0.15) is 67.2 Å². The molecule has 154 valence electrons. The number of benzene rings is 1. The van der Waals surface area contributed by atoms with Gasteiger partial charge in [0.15, 0.2) is 0 Å². The molecular weight excluding hydrogens is 364 g/mol. The molecule has 6 nitrogen and oxygen atoms in total. The maximum absolute atomic E-state index is 12.9. The number of likely N-dealkylation sites (tertiary alicyclic amines) is 1. The van der Waals surface area contributed by atoms with Crippen LogP contribution in [0.15, 0.2) is 30.6 Å². The van der Waals surface area contributed by atoms with E-state index < -0.39 is 0 Å². The highest BCUT2D eigenvalue weighted by atomic mass is 16.2. The van der Waals surface area contributed by atoms with Crippen LogP contribution in [-0.2, 0) is 16.8 Å². The third-order valence-electron chi connectivity index (χ3n) is 5.40. The Labute approximate surface area is 172 Å². The van der Waals surface area contributed by atoms with Gasteiger partial charge in [0, 0.05) is 38.0 Å². The highest BCUT2D eigenvalue weighted by Crippen LogP contribution is 2.23. The smallest absolute Gasteiger partial charge is 0.272 e. The van der Waals surface area contributed by atoms with Crippen LogP contribution in [0.5, 0.6) is 0 Å². The molecule has 2 aromatic rings. The fourth-order valence-electron chi connectivity index (χ4n) is 3.47. The van der Waals surface area contributed by atoms with E-state index in [4.69, 9.17) is 0 Å². The number of carbonyl (C=O) groups is 2. The number of nitrogens with one attached hydrogen (secondary N) is 1. The van der Waals surface area contributed by atoms with E-state index in [0.717, 1.165) is 11.1 Å². The van der Waals surface area contributed by atoms with E-state index in [2.05, 4.69) is 60.3 Å². The Morgan fingerprint density at radius 3 is 2.52 bits per heavy atom. The van der Waals surface area contributed by atoms with Crippen molar-refractivity contribution >= 4 is 17.5 Å². The lowest BCUT2D eigenvalue weighted by Crippen LogP contribution is -2.33. The molecular formula is C23H30N4O2. The van der Waals surface area contributed by atoms with Crippen molar-refractivity contribution in [1.82, 2.24) is 14.9 Å². The molecule has 1 fully saturated rings. The topological polar surface area (TPSA) is 75.2 Å². The van der Waals surface area contributed by atoms with Gasteiger partial charge in [0.1, 0.15) is 23.6 Å². The first-order chi connectivity index (χ1) is 13.8. The number of rotatable bonds is 4. The number of hydrogen-bond donors (Lipinski definition) is 1. The predicted octanol–water partition coefficient (Wildman–Crippen LogP) is 3.89. The van der Waals surface area contributed by atoms with Crippen LogP contribution in [0.4, 0.5) is 5.82 Å². The molecule has 0 unspecified atom stereocenters. The molecule has 1 aromatic heterocycles. The number of carbonyl (C=O) groups excluding carboxylic acids is 2. The normalized spacial score (nSPS) is 15.2. The first-order valence-electron chi connectivity index (χ1n) is 10.2. The van der Waals surface area contributed by atoms with Crippen molar-refractivity contribution in [3.8, 4) is 0 Å². The van der Waals surface area contributed by atoms with Crippen molar-refractivity contribution < 1.29 is 9.59 Å². The molecule has 0 bridgehead atoms. The van der Waals surface area contributed by atoms with Crippen molar-refractivity contribution in [2.45, 2.75) is 58.9 Å². The Morgan fingerprint density at radius 1 is 1.10 bits per heavy atom. The zero-order valence-corrected chi connectivity index (χ0v) is 17.8. The van der Waals surface area contributed by atoms with Gasteiger partial charge in [-0.2, -0.15) is 0 Å². The van der Waals surface area contributed by atoms with Crippen LogP contribution in [0, 0.1) is 6.92 Å². The van der Waals surface area contributed by atoms with E-state index in [1.807, 2.05) is 6.92 Å². The number of nitrogens with zero attached hydrogens (tertiary/aromatic N) is 3. The zero-order valence-electron chi connectivity index (χ0n) is 17.8. The van der Waals surface area contributed by atoms with Gasteiger partial charge >= 0.3 is 0 Å². The molecule has 1 aromatic carbocycles. The summed E-state index contributed by atoms with van der Waals surface area (Å²) in [5.74, 6) is 0.755. The number of Topliss-reactive ketones (excluding diaryl/α,β-unsaturated/α-hetero) is 1. The fourth-order valence-corrected chi connectivity index (χ4v) is 3.47. The van der Waals surface area contributed by atoms with Gasteiger partial charge in [-0.25, -0.2) is 9.97 Å². The first-order valence-corrected chi connectivity index (χ1v) is 10.2.